The largest absolute Gasteiger partial charge is 0.444 e. The smallest absolute Gasteiger partial charge is 0.213 e. The standard InChI is InChI=1S/C10H9ClN4OS/c1-2-6-4-13-8(16-6)5-14-10-15-9(11)7(3-12)17-10/h4H,2,5H2,1H3,(H,14,15). The molecular formula is C10H9ClN4OS. The van der Waals surface area contributed by atoms with Gasteiger partial charge >= 0.3 is 0 Å². The van der Waals surface area contributed by atoms with Gasteiger partial charge in [-0.15, -0.1) is 0 Å². The molecule has 0 saturated heterocycles. The van der Waals surface area contributed by atoms with Crippen molar-refractivity contribution in [3.05, 3.63) is 27.9 Å². The average molecular weight is 269 g/mol. The van der Waals surface area contributed by atoms with Crippen LogP contribution in [0.4, 0.5) is 5.13 Å². The molecule has 5 nitrogen and oxygen atoms in total. The van der Waals surface area contributed by atoms with Gasteiger partial charge in [-0.05, 0) is 0 Å². The second-order valence-electron chi connectivity index (χ2n) is 3.18. The molecule has 2 heterocycles. The third-order valence-electron chi connectivity index (χ3n) is 2.03. The zero-order valence-corrected chi connectivity index (χ0v) is 10.6. The van der Waals surface area contributed by atoms with Gasteiger partial charge in [-0.25, -0.2) is 9.97 Å². The van der Waals surface area contributed by atoms with Crippen LogP contribution in [0.2, 0.25) is 5.15 Å². The Morgan fingerprint density at radius 1 is 1.65 bits per heavy atom. The lowest BCUT2D eigenvalue weighted by Crippen LogP contribution is -1.98. The van der Waals surface area contributed by atoms with E-state index in [4.69, 9.17) is 21.3 Å². The van der Waals surface area contributed by atoms with Crippen LogP contribution in [0.3, 0.4) is 0 Å². The lowest BCUT2D eigenvalue weighted by molar-refractivity contribution is 0.466. The minimum Gasteiger partial charge on any atom is -0.444 e. The Labute approximate surface area is 107 Å². The lowest BCUT2D eigenvalue weighted by Gasteiger charge is -1.96. The summed E-state index contributed by atoms with van der Waals surface area (Å²) >= 11 is 6.96. The molecule has 7 heteroatoms. The number of rotatable bonds is 4. The Bertz CT molecular complexity index is 557. The molecule has 0 amide bonds. The van der Waals surface area contributed by atoms with Gasteiger partial charge in [0.15, 0.2) is 10.3 Å². The van der Waals surface area contributed by atoms with Gasteiger partial charge in [-0.2, -0.15) is 5.26 Å². The molecule has 2 aromatic heterocycles. The van der Waals surface area contributed by atoms with Crippen LogP contribution in [0.25, 0.3) is 0 Å². The summed E-state index contributed by atoms with van der Waals surface area (Å²) in [7, 11) is 0. The summed E-state index contributed by atoms with van der Waals surface area (Å²) in [5.41, 5.74) is 0. The number of thiazole rings is 1. The van der Waals surface area contributed by atoms with E-state index in [1.165, 1.54) is 11.3 Å². The van der Waals surface area contributed by atoms with E-state index in [1.54, 1.807) is 6.20 Å². The maximum atomic E-state index is 8.73. The number of anilines is 1. The van der Waals surface area contributed by atoms with Crippen LogP contribution in [-0.2, 0) is 13.0 Å². The molecule has 17 heavy (non-hydrogen) atoms. The Kier molecular flexibility index (Phi) is 3.61. The van der Waals surface area contributed by atoms with E-state index >= 15 is 0 Å². The van der Waals surface area contributed by atoms with Crippen LogP contribution < -0.4 is 5.32 Å². The fourth-order valence-corrected chi connectivity index (χ4v) is 2.13. The molecule has 0 aliphatic heterocycles. The summed E-state index contributed by atoms with van der Waals surface area (Å²) in [4.78, 5) is 8.50. The topological polar surface area (TPSA) is 74.7 Å². The van der Waals surface area contributed by atoms with Gasteiger partial charge in [0.2, 0.25) is 5.89 Å². The van der Waals surface area contributed by atoms with Crippen molar-refractivity contribution in [3.63, 3.8) is 0 Å². The summed E-state index contributed by atoms with van der Waals surface area (Å²) in [6.07, 6.45) is 2.52. The molecule has 2 rings (SSSR count). The van der Waals surface area contributed by atoms with Crippen molar-refractivity contribution < 1.29 is 4.42 Å². The number of halogens is 1. The number of nitrogens with zero attached hydrogens (tertiary/aromatic N) is 3. The van der Waals surface area contributed by atoms with Gasteiger partial charge in [-0.1, -0.05) is 29.9 Å². The third-order valence-corrected chi connectivity index (χ3v) is 3.33. The molecular weight excluding hydrogens is 260 g/mol. The van der Waals surface area contributed by atoms with Crippen molar-refractivity contribution in [2.24, 2.45) is 0 Å². The highest BCUT2D eigenvalue weighted by atomic mass is 35.5. The number of nitrogens with one attached hydrogen (secondary N) is 1. The van der Waals surface area contributed by atoms with E-state index < -0.39 is 0 Å². The highest BCUT2D eigenvalue weighted by molar-refractivity contribution is 7.16. The van der Waals surface area contributed by atoms with Gasteiger partial charge in [0.1, 0.15) is 16.7 Å². The lowest BCUT2D eigenvalue weighted by atomic mass is 10.4. The molecule has 0 radical (unpaired) electrons. The van der Waals surface area contributed by atoms with E-state index in [0.717, 1.165) is 12.2 Å². The molecule has 0 aliphatic carbocycles. The highest BCUT2D eigenvalue weighted by Crippen LogP contribution is 2.26. The van der Waals surface area contributed by atoms with Crippen LogP contribution in [-0.4, -0.2) is 9.97 Å². The number of hydrogen-bond donors (Lipinski definition) is 1. The minimum atomic E-state index is 0.224. The number of hydrogen-bond acceptors (Lipinski definition) is 6. The maximum Gasteiger partial charge on any atom is 0.213 e. The summed E-state index contributed by atoms with van der Waals surface area (Å²) in [5, 5.41) is 12.5. The molecule has 0 spiro atoms. The molecule has 1 N–H and O–H groups in total. The first-order chi connectivity index (χ1) is 8.22. The molecule has 2 aromatic rings. The predicted octanol–water partition coefficient (Wildman–Crippen LogP) is 2.83. The van der Waals surface area contributed by atoms with Gasteiger partial charge < -0.3 is 9.73 Å². The van der Waals surface area contributed by atoms with Crippen molar-refractivity contribution in [1.29, 1.82) is 5.26 Å². The Hall–Kier alpha value is -1.58. The van der Waals surface area contributed by atoms with Crippen LogP contribution in [0.5, 0.6) is 0 Å². The summed E-state index contributed by atoms with van der Waals surface area (Å²) in [6.45, 7) is 2.42. The number of nitriles is 1. The van der Waals surface area contributed by atoms with Gasteiger partial charge in [-0.3, -0.25) is 0 Å². The first-order valence-corrected chi connectivity index (χ1v) is 6.16. The molecule has 0 aliphatic rings. The predicted molar refractivity (Wildman–Crippen MR) is 65.0 cm³/mol. The molecule has 0 unspecified atom stereocenters. The first kappa shape index (κ1) is 11.9. The zero-order chi connectivity index (χ0) is 12.3. The average Bonchev–Trinajstić information content (AvgIpc) is 2.92. The normalized spacial score (nSPS) is 10.2. The van der Waals surface area contributed by atoms with Crippen LogP contribution >= 0.6 is 22.9 Å². The van der Waals surface area contributed by atoms with E-state index in [9.17, 15) is 0 Å². The first-order valence-electron chi connectivity index (χ1n) is 4.96. The molecule has 0 aromatic carbocycles. The zero-order valence-electron chi connectivity index (χ0n) is 9.03. The Balaban J connectivity index is 2.00. The number of oxazole rings is 1. The molecule has 88 valence electrons. The Morgan fingerprint density at radius 3 is 3.06 bits per heavy atom. The second-order valence-corrected chi connectivity index (χ2v) is 4.54. The van der Waals surface area contributed by atoms with Crippen molar-refractivity contribution in [3.8, 4) is 6.07 Å². The summed E-state index contributed by atoms with van der Waals surface area (Å²) < 4.78 is 5.42. The summed E-state index contributed by atoms with van der Waals surface area (Å²) in [6, 6.07) is 1.97. The fourth-order valence-electron chi connectivity index (χ4n) is 1.19. The summed E-state index contributed by atoms with van der Waals surface area (Å²) in [5.74, 6) is 1.43. The van der Waals surface area contributed by atoms with Crippen LogP contribution in [0.1, 0.15) is 23.5 Å². The molecule has 0 atom stereocenters. The van der Waals surface area contributed by atoms with E-state index in [2.05, 4.69) is 15.3 Å². The third kappa shape index (κ3) is 2.75. The number of aryl methyl sites for hydroxylation is 1. The maximum absolute atomic E-state index is 8.73. The van der Waals surface area contributed by atoms with E-state index in [-0.39, 0.29) is 5.15 Å². The van der Waals surface area contributed by atoms with Gasteiger partial charge in [0, 0.05) is 6.42 Å². The van der Waals surface area contributed by atoms with Crippen molar-refractivity contribution in [2.75, 3.05) is 5.32 Å². The monoisotopic (exact) mass is 268 g/mol. The van der Waals surface area contributed by atoms with E-state index in [0.29, 0.717) is 22.4 Å². The molecule has 0 saturated carbocycles. The quantitative estimate of drug-likeness (QED) is 0.923. The second kappa shape index (κ2) is 5.17. The highest BCUT2D eigenvalue weighted by Gasteiger charge is 2.09. The Morgan fingerprint density at radius 2 is 2.47 bits per heavy atom. The van der Waals surface area contributed by atoms with Gasteiger partial charge in [0.25, 0.3) is 0 Å². The van der Waals surface area contributed by atoms with E-state index in [1.807, 2.05) is 13.0 Å². The van der Waals surface area contributed by atoms with Gasteiger partial charge in [0.05, 0.1) is 12.7 Å². The van der Waals surface area contributed by atoms with Crippen molar-refractivity contribution in [2.45, 2.75) is 19.9 Å². The fraction of sp³-hybridized carbons (Fsp3) is 0.300. The minimum absolute atomic E-state index is 0.224. The van der Waals surface area contributed by atoms with Crippen LogP contribution in [0.15, 0.2) is 10.6 Å². The SMILES string of the molecule is CCc1cnc(CNc2nc(Cl)c(C#N)s2)o1. The van der Waals surface area contributed by atoms with Crippen molar-refractivity contribution in [1.82, 2.24) is 9.97 Å². The van der Waals surface area contributed by atoms with Crippen LogP contribution in [0, 0.1) is 11.3 Å². The molecule has 0 fully saturated rings. The molecule has 0 bridgehead atoms. The number of aromatic nitrogens is 2. The van der Waals surface area contributed by atoms with Crippen molar-refractivity contribution >= 4 is 28.1 Å².